The van der Waals surface area contributed by atoms with Crippen LogP contribution in [-0.2, 0) is 20.9 Å². The molecule has 0 spiro atoms. The van der Waals surface area contributed by atoms with E-state index in [4.69, 9.17) is 9.47 Å². The fourth-order valence-corrected chi connectivity index (χ4v) is 3.49. The molecule has 11 nitrogen and oxygen atoms in total. The minimum absolute atomic E-state index is 0.0640. The Labute approximate surface area is 216 Å². The lowest BCUT2D eigenvalue weighted by Gasteiger charge is -2.23. The van der Waals surface area contributed by atoms with Crippen molar-refractivity contribution >= 4 is 29.3 Å². The molecule has 200 valence electrons. The predicted octanol–water partition coefficient (Wildman–Crippen LogP) is 2.42. The van der Waals surface area contributed by atoms with E-state index < -0.39 is 35.7 Å². The van der Waals surface area contributed by atoms with Crippen LogP contribution in [0.2, 0.25) is 0 Å². The first-order valence-corrected chi connectivity index (χ1v) is 12.0. The molecule has 2 atom stereocenters. The fourth-order valence-electron chi connectivity index (χ4n) is 3.49. The Bertz CT molecular complexity index is 1050. The molecule has 4 N–H and O–H groups in total. The summed E-state index contributed by atoms with van der Waals surface area (Å²) in [6, 6.07) is 5.90. The number of benzene rings is 1. The second-order valence-corrected chi connectivity index (χ2v) is 8.76. The average molecular weight is 514 g/mol. The van der Waals surface area contributed by atoms with Gasteiger partial charge in [0.1, 0.15) is 17.5 Å². The number of carbonyl (C=O) groups is 4. The molecule has 2 aromatic rings. The third kappa shape index (κ3) is 9.43. The molecule has 0 bridgehead atoms. The van der Waals surface area contributed by atoms with Gasteiger partial charge in [-0.05, 0) is 48.6 Å². The van der Waals surface area contributed by atoms with Gasteiger partial charge in [0.15, 0.2) is 0 Å². The van der Waals surface area contributed by atoms with Crippen molar-refractivity contribution in [1.29, 1.82) is 0 Å². The van der Waals surface area contributed by atoms with Gasteiger partial charge in [0.05, 0.1) is 32.1 Å². The smallest absolute Gasteiger partial charge is 0.319 e. The van der Waals surface area contributed by atoms with E-state index in [1.165, 1.54) is 20.4 Å². The number of ether oxygens (including phenoxy) is 2. The van der Waals surface area contributed by atoms with Crippen molar-refractivity contribution < 1.29 is 28.7 Å². The van der Waals surface area contributed by atoms with Crippen molar-refractivity contribution in [2.45, 2.75) is 52.2 Å². The van der Waals surface area contributed by atoms with E-state index in [1.807, 2.05) is 13.8 Å². The second-order valence-electron chi connectivity index (χ2n) is 8.76. The number of ketones is 1. The van der Waals surface area contributed by atoms with Gasteiger partial charge in [0.2, 0.25) is 11.7 Å². The number of hydrogen-bond acceptors (Lipinski definition) is 7. The van der Waals surface area contributed by atoms with Crippen LogP contribution in [0.1, 0.15) is 39.2 Å². The van der Waals surface area contributed by atoms with Crippen LogP contribution >= 0.6 is 0 Å². The van der Waals surface area contributed by atoms with E-state index in [0.29, 0.717) is 29.2 Å². The summed E-state index contributed by atoms with van der Waals surface area (Å²) >= 11 is 0. The monoisotopic (exact) mass is 513 g/mol. The Morgan fingerprint density at radius 3 is 2.19 bits per heavy atom. The van der Waals surface area contributed by atoms with Gasteiger partial charge >= 0.3 is 6.03 Å². The first-order valence-electron chi connectivity index (χ1n) is 12.0. The minimum Gasteiger partial charge on any atom is -0.497 e. The maximum absolute atomic E-state index is 13.0. The summed E-state index contributed by atoms with van der Waals surface area (Å²) in [4.78, 5) is 54.8. The molecule has 1 aromatic carbocycles. The van der Waals surface area contributed by atoms with Crippen LogP contribution in [0.3, 0.4) is 0 Å². The highest BCUT2D eigenvalue weighted by Gasteiger charge is 2.29. The highest BCUT2D eigenvalue weighted by atomic mass is 16.5. The molecule has 0 fully saturated rings. The first kappa shape index (κ1) is 29.1. The van der Waals surface area contributed by atoms with Gasteiger partial charge in [0, 0.05) is 18.8 Å². The van der Waals surface area contributed by atoms with Crippen LogP contribution in [0, 0.1) is 5.92 Å². The maximum Gasteiger partial charge on any atom is 0.319 e. The molecule has 0 saturated heterocycles. The minimum atomic E-state index is -1.05. The van der Waals surface area contributed by atoms with Crippen LogP contribution < -0.4 is 30.7 Å². The largest absolute Gasteiger partial charge is 0.497 e. The molecule has 2 rings (SSSR count). The molecule has 2 unspecified atom stereocenters. The van der Waals surface area contributed by atoms with Crippen molar-refractivity contribution in [2.24, 2.45) is 5.92 Å². The summed E-state index contributed by atoms with van der Waals surface area (Å²) in [5.74, 6) is -1.01. The van der Waals surface area contributed by atoms with Gasteiger partial charge < -0.3 is 30.7 Å². The van der Waals surface area contributed by atoms with Gasteiger partial charge in [0.25, 0.3) is 5.91 Å². The number of urea groups is 1. The highest BCUT2D eigenvalue weighted by molar-refractivity contribution is 6.38. The zero-order valence-electron chi connectivity index (χ0n) is 21.8. The average Bonchev–Trinajstić information content (AvgIpc) is 2.89. The van der Waals surface area contributed by atoms with Crippen LogP contribution in [0.15, 0.2) is 42.7 Å². The number of methoxy groups -OCH3 is 2. The number of hydrogen-bond donors (Lipinski definition) is 4. The number of Topliss-reactive ketones (excluding diaryl/α,β-unsaturated/α-hetero) is 1. The quantitative estimate of drug-likeness (QED) is 0.301. The number of carbonyl (C=O) groups excluding carboxylic acids is 4. The van der Waals surface area contributed by atoms with E-state index in [0.717, 1.165) is 0 Å². The van der Waals surface area contributed by atoms with Gasteiger partial charge in [-0.25, -0.2) is 4.79 Å². The number of anilines is 1. The van der Waals surface area contributed by atoms with E-state index in [2.05, 4.69) is 26.3 Å². The lowest BCUT2D eigenvalue weighted by molar-refractivity contribution is -0.140. The molecule has 0 saturated carbocycles. The normalized spacial score (nSPS) is 12.2. The summed E-state index contributed by atoms with van der Waals surface area (Å²) in [5.41, 5.74) is 1.14. The molecular formula is C26H35N5O6. The zero-order chi connectivity index (χ0) is 27.4. The van der Waals surface area contributed by atoms with Crippen molar-refractivity contribution in [3.63, 3.8) is 0 Å². The molecule has 0 radical (unpaired) electrons. The van der Waals surface area contributed by atoms with Gasteiger partial charge in [-0.3, -0.25) is 19.4 Å². The fraction of sp³-hybridized carbons (Fsp3) is 0.423. The molecule has 1 heterocycles. The van der Waals surface area contributed by atoms with Gasteiger partial charge in [-0.1, -0.05) is 20.8 Å². The Morgan fingerprint density at radius 1 is 0.973 bits per heavy atom. The van der Waals surface area contributed by atoms with Crippen molar-refractivity contribution in [3.05, 3.63) is 48.3 Å². The van der Waals surface area contributed by atoms with E-state index >= 15 is 0 Å². The van der Waals surface area contributed by atoms with Crippen LogP contribution in [0.25, 0.3) is 0 Å². The van der Waals surface area contributed by atoms with Crippen LogP contribution in [0.4, 0.5) is 10.5 Å². The summed E-state index contributed by atoms with van der Waals surface area (Å²) in [7, 11) is 3.03. The summed E-state index contributed by atoms with van der Waals surface area (Å²) in [5, 5.41) is 10.4. The molecule has 0 aliphatic heterocycles. The molecule has 1 aromatic heterocycles. The van der Waals surface area contributed by atoms with Crippen molar-refractivity contribution in [1.82, 2.24) is 20.9 Å². The first-order chi connectivity index (χ1) is 17.7. The summed E-state index contributed by atoms with van der Waals surface area (Å²) < 4.78 is 10.4. The predicted molar refractivity (Wildman–Crippen MR) is 138 cm³/mol. The summed E-state index contributed by atoms with van der Waals surface area (Å²) in [6.45, 7) is 5.56. The number of aromatic nitrogens is 1. The number of nitrogens with one attached hydrogen (secondary N) is 4. The molecule has 0 aliphatic carbocycles. The zero-order valence-corrected chi connectivity index (χ0v) is 21.8. The van der Waals surface area contributed by atoms with Crippen molar-refractivity contribution in [2.75, 3.05) is 19.5 Å². The van der Waals surface area contributed by atoms with Crippen LogP contribution in [-0.4, -0.2) is 54.9 Å². The van der Waals surface area contributed by atoms with Gasteiger partial charge in [-0.15, -0.1) is 0 Å². The number of nitrogens with zero attached hydrogens (tertiary/aromatic N) is 1. The lowest BCUT2D eigenvalue weighted by Crippen LogP contribution is -2.54. The number of rotatable bonds is 13. The Balaban J connectivity index is 2.01. The van der Waals surface area contributed by atoms with E-state index in [-0.39, 0.29) is 18.9 Å². The second kappa shape index (κ2) is 14.4. The Kier molecular flexibility index (Phi) is 11.3. The number of pyridine rings is 1. The van der Waals surface area contributed by atoms with Gasteiger partial charge in [-0.2, -0.15) is 0 Å². The Hall–Kier alpha value is -4.15. The standard InChI is InChI=1S/C26H35N5O6/c1-6-21(23(32)25(34)28-14-17-11-19(36-4)13-20(12-17)37-5)30-24(33)22(10-16(2)3)31-26(35)29-18-8-7-9-27-15-18/h7-9,11-13,15-16,21-22H,6,10,14H2,1-5H3,(H,28,34)(H,30,33)(H2,29,31,35). The maximum atomic E-state index is 13.0. The Morgan fingerprint density at radius 2 is 1.65 bits per heavy atom. The summed E-state index contributed by atoms with van der Waals surface area (Å²) in [6.07, 6.45) is 3.58. The lowest BCUT2D eigenvalue weighted by atomic mass is 10.0. The molecule has 4 amide bonds. The SMILES string of the molecule is CCC(NC(=O)C(CC(C)C)NC(=O)Nc1cccnc1)C(=O)C(=O)NCc1cc(OC)cc(OC)c1. The topological polar surface area (TPSA) is 148 Å². The van der Waals surface area contributed by atoms with Crippen molar-refractivity contribution in [3.8, 4) is 11.5 Å². The number of amides is 4. The van der Waals surface area contributed by atoms with E-state index in [9.17, 15) is 19.2 Å². The van der Waals surface area contributed by atoms with E-state index in [1.54, 1.807) is 43.5 Å². The highest BCUT2D eigenvalue weighted by Crippen LogP contribution is 2.22. The third-order valence-corrected chi connectivity index (χ3v) is 5.38. The molecular weight excluding hydrogens is 478 g/mol. The van der Waals surface area contributed by atoms with Crippen LogP contribution in [0.5, 0.6) is 11.5 Å². The molecule has 11 heteroatoms. The molecule has 37 heavy (non-hydrogen) atoms. The third-order valence-electron chi connectivity index (χ3n) is 5.38. The molecule has 0 aliphatic rings.